The molecule has 0 aliphatic rings. The monoisotopic (exact) mass is 383 g/mol. The summed E-state index contributed by atoms with van der Waals surface area (Å²) in [7, 11) is 0. The van der Waals surface area contributed by atoms with Crippen LogP contribution in [0.5, 0.6) is 5.75 Å². The summed E-state index contributed by atoms with van der Waals surface area (Å²) in [6, 6.07) is 15.0. The highest BCUT2D eigenvalue weighted by molar-refractivity contribution is 6.07. The first-order valence-corrected chi connectivity index (χ1v) is 9.72. The summed E-state index contributed by atoms with van der Waals surface area (Å²) in [5.74, 6) is 0.367. The van der Waals surface area contributed by atoms with Crippen LogP contribution in [0.15, 0.2) is 48.5 Å². The van der Waals surface area contributed by atoms with Crippen LogP contribution < -0.4 is 9.64 Å². The van der Waals surface area contributed by atoms with E-state index >= 15 is 0 Å². The van der Waals surface area contributed by atoms with Crippen LogP contribution >= 0.6 is 0 Å². The van der Waals surface area contributed by atoms with Crippen LogP contribution in [0.25, 0.3) is 0 Å². The summed E-state index contributed by atoms with van der Waals surface area (Å²) < 4.78 is 10.8. The molecule has 1 amide bonds. The van der Waals surface area contributed by atoms with E-state index in [1.165, 1.54) is 0 Å². The van der Waals surface area contributed by atoms with Crippen molar-refractivity contribution in [1.82, 2.24) is 0 Å². The molecule has 2 aromatic carbocycles. The zero-order valence-corrected chi connectivity index (χ0v) is 17.1. The Labute approximate surface area is 167 Å². The number of nitrogens with zero attached hydrogens (tertiary/aromatic N) is 1. The fourth-order valence-corrected chi connectivity index (χ4v) is 2.92. The summed E-state index contributed by atoms with van der Waals surface area (Å²) in [4.78, 5) is 26.7. The highest BCUT2D eigenvalue weighted by Crippen LogP contribution is 2.25. The minimum absolute atomic E-state index is 0.0413. The van der Waals surface area contributed by atoms with Crippen LogP contribution in [0, 0.1) is 6.92 Å². The molecule has 5 heteroatoms. The van der Waals surface area contributed by atoms with E-state index in [0.29, 0.717) is 30.9 Å². The maximum Gasteiger partial charge on any atom is 0.305 e. The minimum Gasteiger partial charge on any atom is -0.491 e. The Balaban J connectivity index is 2.27. The Morgan fingerprint density at radius 3 is 2.50 bits per heavy atom. The molecule has 0 spiro atoms. The van der Waals surface area contributed by atoms with Crippen LogP contribution in [-0.2, 0) is 9.53 Å². The van der Waals surface area contributed by atoms with E-state index in [9.17, 15) is 9.59 Å². The van der Waals surface area contributed by atoms with E-state index in [0.717, 1.165) is 11.3 Å². The summed E-state index contributed by atoms with van der Waals surface area (Å²) in [5.41, 5.74) is 2.31. The van der Waals surface area contributed by atoms with Gasteiger partial charge in [-0.2, -0.15) is 0 Å². The summed E-state index contributed by atoms with van der Waals surface area (Å²) in [6.07, 6.45) is 0.832. The van der Waals surface area contributed by atoms with Crippen LogP contribution in [0.1, 0.15) is 49.5 Å². The first-order valence-electron chi connectivity index (χ1n) is 9.72. The van der Waals surface area contributed by atoms with E-state index in [4.69, 9.17) is 9.47 Å². The van der Waals surface area contributed by atoms with Gasteiger partial charge in [-0.25, -0.2) is 0 Å². The lowest BCUT2D eigenvalue weighted by Gasteiger charge is -2.24. The van der Waals surface area contributed by atoms with Crippen molar-refractivity contribution < 1.29 is 19.1 Å². The molecule has 5 nitrogen and oxygen atoms in total. The molecule has 0 heterocycles. The average Bonchev–Trinajstić information content (AvgIpc) is 2.65. The second-order valence-corrected chi connectivity index (χ2v) is 6.84. The Hall–Kier alpha value is -2.82. The van der Waals surface area contributed by atoms with Crippen molar-refractivity contribution >= 4 is 17.6 Å². The SMILES string of the molecule is CCOC(=O)CCCN(C(=O)c1ccccc1C)c1cccc(OC(C)C)c1. The van der Waals surface area contributed by atoms with Crippen LogP contribution in [0.3, 0.4) is 0 Å². The molecule has 0 N–H and O–H groups in total. The molecule has 0 aliphatic carbocycles. The highest BCUT2D eigenvalue weighted by atomic mass is 16.5. The summed E-state index contributed by atoms with van der Waals surface area (Å²) >= 11 is 0. The fourth-order valence-electron chi connectivity index (χ4n) is 2.92. The van der Waals surface area contributed by atoms with Crippen molar-refractivity contribution in [3.63, 3.8) is 0 Å². The summed E-state index contributed by atoms with van der Waals surface area (Å²) in [6.45, 7) is 8.40. The zero-order valence-electron chi connectivity index (χ0n) is 17.1. The second-order valence-electron chi connectivity index (χ2n) is 6.84. The number of carbonyl (C=O) groups excluding carboxylic acids is 2. The molecular formula is C23H29NO4. The normalized spacial score (nSPS) is 10.6. The maximum absolute atomic E-state index is 13.3. The molecule has 0 unspecified atom stereocenters. The number of esters is 1. The van der Waals surface area contributed by atoms with Crippen LogP contribution in [0.2, 0.25) is 0 Å². The van der Waals surface area contributed by atoms with E-state index in [1.54, 1.807) is 11.8 Å². The van der Waals surface area contributed by atoms with Gasteiger partial charge < -0.3 is 14.4 Å². The minimum atomic E-state index is -0.248. The molecule has 0 atom stereocenters. The number of aryl methyl sites for hydroxylation is 1. The van der Waals surface area contributed by atoms with Gasteiger partial charge in [-0.05, 0) is 57.9 Å². The lowest BCUT2D eigenvalue weighted by Crippen LogP contribution is -2.32. The maximum atomic E-state index is 13.3. The number of hydrogen-bond acceptors (Lipinski definition) is 4. The predicted octanol–water partition coefficient (Wildman–Crippen LogP) is 4.77. The van der Waals surface area contributed by atoms with Crippen molar-refractivity contribution in [2.75, 3.05) is 18.1 Å². The number of benzene rings is 2. The molecule has 2 rings (SSSR count). The number of rotatable bonds is 9. The van der Waals surface area contributed by atoms with Gasteiger partial charge in [-0.15, -0.1) is 0 Å². The lowest BCUT2D eigenvalue weighted by atomic mass is 10.1. The molecule has 0 aromatic heterocycles. The van der Waals surface area contributed by atoms with Crippen LogP contribution in [-0.4, -0.2) is 31.1 Å². The molecular weight excluding hydrogens is 354 g/mol. The third kappa shape index (κ3) is 6.12. The third-order valence-corrected chi connectivity index (χ3v) is 4.19. The Morgan fingerprint density at radius 2 is 1.82 bits per heavy atom. The van der Waals surface area contributed by atoms with Crippen molar-refractivity contribution in [3.05, 3.63) is 59.7 Å². The fraction of sp³-hybridized carbons (Fsp3) is 0.391. The topological polar surface area (TPSA) is 55.8 Å². The standard InChI is InChI=1S/C23H29NO4/c1-5-27-22(25)14-9-15-24(23(26)21-13-7-6-10-18(21)4)19-11-8-12-20(16-19)28-17(2)3/h6-8,10-13,16-17H,5,9,14-15H2,1-4H3. The van der Waals surface area contributed by atoms with E-state index < -0.39 is 0 Å². The van der Waals surface area contributed by atoms with Gasteiger partial charge in [0.1, 0.15) is 5.75 Å². The van der Waals surface area contributed by atoms with Gasteiger partial charge in [0.2, 0.25) is 0 Å². The van der Waals surface area contributed by atoms with Gasteiger partial charge >= 0.3 is 5.97 Å². The number of ether oxygens (including phenoxy) is 2. The molecule has 0 fully saturated rings. The average molecular weight is 383 g/mol. The Morgan fingerprint density at radius 1 is 1.07 bits per heavy atom. The predicted molar refractivity (Wildman–Crippen MR) is 111 cm³/mol. The molecule has 150 valence electrons. The number of anilines is 1. The largest absolute Gasteiger partial charge is 0.491 e. The molecule has 0 saturated heterocycles. The number of amides is 1. The molecule has 28 heavy (non-hydrogen) atoms. The van der Waals surface area contributed by atoms with Crippen LogP contribution in [0.4, 0.5) is 5.69 Å². The van der Waals surface area contributed by atoms with Gasteiger partial charge in [0.25, 0.3) is 5.91 Å². The van der Waals surface area contributed by atoms with Gasteiger partial charge in [0.05, 0.1) is 12.7 Å². The smallest absolute Gasteiger partial charge is 0.305 e. The Bertz CT molecular complexity index is 801. The Kier molecular flexibility index (Phi) is 8.05. The van der Waals surface area contributed by atoms with Crippen molar-refractivity contribution in [3.8, 4) is 5.75 Å². The highest BCUT2D eigenvalue weighted by Gasteiger charge is 2.20. The molecule has 0 bridgehead atoms. The van der Waals surface area contributed by atoms with Gasteiger partial charge in [-0.3, -0.25) is 9.59 Å². The second kappa shape index (κ2) is 10.5. The van der Waals surface area contributed by atoms with E-state index in [1.807, 2.05) is 69.3 Å². The molecule has 2 aromatic rings. The van der Waals surface area contributed by atoms with Crippen molar-refractivity contribution in [2.24, 2.45) is 0 Å². The lowest BCUT2D eigenvalue weighted by molar-refractivity contribution is -0.143. The third-order valence-electron chi connectivity index (χ3n) is 4.19. The summed E-state index contributed by atoms with van der Waals surface area (Å²) in [5, 5.41) is 0. The molecule has 0 aliphatic heterocycles. The van der Waals surface area contributed by atoms with E-state index in [2.05, 4.69) is 0 Å². The molecule has 0 radical (unpaired) electrons. The van der Waals surface area contributed by atoms with E-state index in [-0.39, 0.29) is 24.4 Å². The van der Waals surface area contributed by atoms with Crippen molar-refractivity contribution in [2.45, 2.75) is 46.6 Å². The quantitative estimate of drug-likeness (QED) is 0.585. The van der Waals surface area contributed by atoms with Gasteiger partial charge in [0, 0.05) is 30.3 Å². The van der Waals surface area contributed by atoms with Crippen molar-refractivity contribution in [1.29, 1.82) is 0 Å². The first kappa shape index (κ1) is 21.5. The number of hydrogen-bond donors (Lipinski definition) is 0. The first-order chi connectivity index (χ1) is 13.4. The number of carbonyl (C=O) groups is 2. The zero-order chi connectivity index (χ0) is 20.5. The van der Waals surface area contributed by atoms with Gasteiger partial charge in [-0.1, -0.05) is 24.3 Å². The van der Waals surface area contributed by atoms with Gasteiger partial charge in [0.15, 0.2) is 0 Å². The molecule has 0 saturated carbocycles.